The SMILES string of the molecule is COC(OCCCc1nc(N)c2[nH]cnc2n1)[P+](=O)[O-]. The van der Waals surface area contributed by atoms with Crippen molar-refractivity contribution >= 4 is 25.0 Å². The zero-order chi connectivity index (χ0) is 14.5. The lowest BCUT2D eigenvalue weighted by Crippen LogP contribution is -2.16. The van der Waals surface area contributed by atoms with Crippen molar-refractivity contribution in [2.24, 2.45) is 0 Å². The average Bonchev–Trinajstić information content (AvgIpc) is 2.87. The molecule has 2 heterocycles. The molecule has 0 radical (unpaired) electrons. The number of nitrogens with two attached hydrogens (primary N) is 1. The monoisotopic (exact) mass is 299 g/mol. The molecule has 0 saturated heterocycles. The van der Waals surface area contributed by atoms with Gasteiger partial charge in [-0.1, -0.05) is 4.57 Å². The first-order chi connectivity index (χ1) is 9.61. The number of aryl methyl sites for hydroxylation is 1. The predicted molar refractivity (Wildman–Crippen MR) is 68.8 cm³/mol. The van der Waals surface area contributed by atoms with E-state index in [0.29, 0.717) is 35.6 Å². The molecule has 3 N–H and O–H groups in total. The summed E-state index contributed by atoms with van der Waals surface area (Å²) in [4.78, 5) is 25.9. The summed E-state index contributed by atoms with van der Waals surface area (Å²) >= 11 is 0. The van der Waals surface area contributed by atoms with Crippen molar-refractivity contribution in [3.05, 3.63) is 12.2 Å². The molecule has 2 unspecified atom stereocenters. The number of aromatic nitrogens is 4. The van der Waals surface area contributed by atoms with Gasteiger partial charge in [-0.05, 0) is 6.42 Å². The van der Waals surface area contributed by atoms with E-state index in [1.807, 2.05) is 0 Å². The molecule has 0 bridgehead atoms. The van der Waals surface area contributed by atoms with Crippen LogP contribution in [-0.4, -0.2) is 39.7 Å². The Morgan fingerprint density at radius 2 is 2.35 bits per heavy atom. The number of imidazole rings is 1. The molecule has 0 aliphatic heterocycles. The molecule has 0 amide bonds. The second kappa shape index (κ2) is 6.67. The first kappa shape index (κ1) is 14.7. The van der Waals surface area contributed by atoms with Crippen molar-refractivity contribution in [3.63, 3.8) is 0 Å². The van der Waals surface area contributed by atoms with Gasteiger partial charge in [0, 0.05) is 13.5 Å². The number of H-pyrrole nitrogens is 1. The second-order valence-corrected chi connectivity index (χ2v) is 4.92. The number of nitrogens with zero attached hydrogens (tertiary/aromatic N) is 3. The number of methoxy groups -OCH3 is 1. The van der Waals surface area contributed by atoms with Crippen molar-refractivity contribution in [2.75, 3.05) is 19.5 Å². The van der Waals surface area contributed by atoms with Gasteiger partial charge in [-0.2, -0.15) is 0 Å². The lowest BCUT2D eigenvalue weighted by Gasteiger charge is -2.07. The average molecular weight is 299 g/mol. The Kier molecular flexibility index (Phi) is 4.91. The molecule has 0 saturated carbocycles. The molecule has 108 valence electrons. The van der Waals surface area contributed by atoms with E-state index in [9.17, 15) is 9.46 Å². The number of hydrogen-bond donors (Lipinski definition) is 2. The summed E-state index contributed by atoms with van der Waals surface area (Å²) in [5.41, 5.74) is 6.87. The molecule has 2 atom stereocenters. The normalized spacial score (nSPS) is 13.6. The number of ether oxygens (including phenoxy) is 2. The molecular formula is C10H14N5O4P. The standard InChI is InChI=1S/C10H14N5O4P/c1-18-10(20(16)17)19-4-2-3-6-14-8(11)7-9(15-6)13-5-12-7/h5,10H,2-4H2,1H3,(H3,11,12,13,14,15). The van der Waals surface area contributed by atoms with Gasteiger partial charge in [-0.25, -0.2) is 15.0 Å². The zero-order valence-electron chi connectivity index (χ0n) is 10.8. The highest BCUT2D eigenvalue weighted by Gasteiger charge is 2.20. The van der Waals surface area contributed by atoms with E-state index in [2.05, 4.69) is 24.7 Å². The Bertz CT molecular complexity index is 604. The van der Waals surface area contributed by atoms with Gasteiger partial charge in [0.05, 0.1) is 12.9 Å². The number of anilines is 1. The minimum atomic E-state index is -2.77. The van der Waals surface area contributed by atoms with Gasteiger partial charge in [-0.15, -0.1) is 0 Å². The topological polar surface area (TPSA) is 139 Å². The molecule has 0 spiro atoms. The van der Waals surface area contributed by atoms with Crippen molar-refractivity contribution < 1.29 is 18.9 Å². The largest absolute Gasteiger partial charge is 0.591 e. The van der Waals surface area contributed by atoms with Gasteiger partial charge in [0.2, 0.25) is 0 Å². The highest BCUT2D eigenvalue weighted by Crippen LogP contribution is 2.19. The summed E-state index contributed by atoms with van der Waals surface area (Å²) in [7, 11) is -1.50. The van der Waals surface area contributed by atoms with E-state index < -0.39 is 14.1 Å². The maximum absolute atomic E-state index is 10.7. The summed E-state index contributed by atoms with van der Waals surface area (Å²) in [5.74, 6) is 0.868. The lowest BCUT2D eigenvalue weighted by molar-refractivity contribution is -0.193. The van der Waals surface area contributed by atoms with E-state index in [-0.39, 0.29) is 6.61 Å². The zero-order valence-corrected chi connectivity index (χ0v) is 11.7. The third-order valence-electron chi connectivity index (χ3n) is 2.54. The lowest BCUT2D eigenvalue weighted by atomic mass is 10.3. The maximum atomic E-state index is 10.7. The molecule has 20 heavy (non-hydrogen) atoms. The van der Waals surface area contributed by atoms with Crippen LogP contribution in [0.15, 0.2) is 6.33 Å². The second-order valence-electron chi connectivity index (χ2n) is 3.93. The number of rotatable bonds is 7. The number of nitrogen functional groups attached to an aromatic ring is 1. The summed E-state index contributed by atoms with van der Waals surface area (Å²) in [6.07, 6.45) is 2.54. The quantitative estimate of drug-likeness (QED) is 0.411. The molecule has 0 aliphatic carbocycles. The Hall–Kier alpha value is -1.67. The molecule has 10 heteroatoms. The minimum absolute atomic E-state index is 0.212. The third kappa shape index (κ3) is 3.45. The summed E-state index contributed by atoms with van der Waals surface area (Å²) < 4.78 is 20.4. The molecule has 0 aromatic carbocycles. The Morgan fingerprint density at radius 1 is 1.55 bits per heavy atom. The molecule has 2 rings (SSSR count). The Morgan fingerprint density at radius 3 is 3.05 bits per heavy atom. The number of nitrogens with one attached hydrogen (secondary N) is 1. The van der Waals surface area contributed by atoms with Gasteiger partial charge >= 0.3 is 14.1 Å². The van der Waals surface area contributed by atoms with Gasteiger partial charge in [0.25, 0.3) is 0 Å². The van der Waals surface area contributed by atoms with Crippen LogP contribution in [0.5, 0.6) is 0 Å². The number of fused-ring (bicyclic) bond motifs is 1. The van der Waals surface area contributed by atoms with Crippen molar-refractivity contribution in [3.8, 4) is 0 Å². The van der Waals surface area contributed by atoms with E-state index >= 15 is 0 Å². The van der Waals surface area contributed by atoms with Crippen LogP contribution in [0.3, 0.4) is 0 Å². The van der Waals surface area contributed by atoms with Crippen LogP contribution < -0.4 is 10.6 Å². The van der Waals surface area contributed by atoms with Gasteiger partial charge in [0.1, 0.15) is 11.3 Å². The predicted octanol–water partition coefficient (Wildman–Crippen LogP) is -0.0830. The highest BCUT2D eigenvalue weighted by atomic mass is 31.1. The first-order valence-electron chi connectivity index (χ1n) is 5.85. The van der Waals surface area contributed by atoms with Crippen LogP contribution >= 0.6 is 8.03 Å². The summed E-state index contributed by atoms with van der Waals surface area (Å²) in [6, 6.07) is -1.22. The van der Waals surface area contributed by atoms with Crippen LogP contribution in [0.4, 0.5) is 5.82 Å². The number of aromatic amines is 1. The van der Waals surface area contributed by atoms with Crippen molar-refractivity contribution in [1.29, 1.82) is 0 Å². The van der Waals surface area contributed by atoms with Crippen LogP contribution in [0, 0.1) is 0 Å². The van der Waals surface area contributed by atoms with Crippen molar-refractivity contribution in [2.45, 2.75) is 18.9 Å². The van der Waals surface area contributed by atoms with E-state index in [4.69, 9.17) is 10.5 Å². The van der Waals surface area contributed by atoms with Crippen LogP contribution in [0.2, 0.25) is 0 Å². The third-order valence-corrected chi connectivity index (χ3v) is 3.24. The molecular weight excluding hydrogens is 285 g/mol. The van der Waals surface area contributed by atoms with Gasteiger partial charge < -0.3 is 25.1 Å². The minimum Gasteiger partial charge on any atom is -0.591 e. The van der Waals surface area contributed by atoms with E-state index in [1.54, 1.807) is 0 Å². The smallest absolute Gasteiger partial charge is 0.373 e. The van der Waals surface area contributed by atoms with Gasteiger partial charge in [0.15, 0.2) is 11.5 Å². The van der Waals surface area contributed by atoms with Crippen LogP contribution in [0.1, 0.15) is 12.2 Å². The molecule has 2 aromatic heterocycles. The van der Waals surface area contributed by atoms with E-state index in [0.717, 1.165) is 0 Å². The molecule has 0 aliphatic rings. The van der Waals surface area contributed by atoms with E-state index in [1.165, 1.54) is 13.4 Å². The Labute approximate surface area is 115 Å². The highest BCUT2D eigenvalue weighted by molar-refractivity contribution is 7.36. The first-order valence-corrected chi connectivity index (χ1v) is 7.10. The van der Waals surface area contributed by atoms with Crippen LogP contribution in [0.25, 0.3) is 11.2 Å². The fourth-order valence-corrected chi connectivity index (χ4v) is 2.04. The Balaban J connectivity index is 1.88. The molecule has 2 aromatic rings. The number of hydrogen-bond acceptors (Lipinski definition) is 8. The van der Waals surface area contributed by atoms with Crippen LogP contribution in [-0.2, 0) is 20.5 Å². The fraction of sp³-hybridized carbons (Fsp3) is 0.500. The summed E-state index contributed by atoms with van der Waals surface area (Å²) in [5, 5.41) is 0. The molecule has 9 nitrogen and oxygen atoms in total. The maximum Gasteiger partial charge on any atom is 0.373 e. The molecule has 0 fully saturated rings. The fourth-order valence-electron chi connectivity index (χ4n) is 1.64. The van der Waals surface area contributed by atoms with Gasteiger partial charge in [-0.3, -0.25) is 0 Å². The summed E-state index contributed by atoms with van der Waals surface area (Å²) in [6.45, 7) is 0.212. The van der Waals surface area contributed by atoms with Crippen molar-refractivity contribution in [1.82, 2.24) is 19.9 Å².